The lowest BCUT2D eigenvalue weighted by Gasteiger charge is -2.29. The van der Waals surface area contributed by atoms with E-state index in [0.717, 1.165) is 0 Å². The van der Waals surface area contributed by atoms with Gasteiger partial charge in [-0.25, -0.2) is 8.42 Å². The number of benzene rings is 1. The summed E-state index contributed by atoms with van der Waals surface area (Å²) in [5.74, 6) is -2.59. The summed E-state index contributed by atoms with van der Waals surface area (Å²) in [5.41, 5.74) is 0.527. The van der Waals surface area contributed by atoms with Gasteiger partial charge < -0.3 is 4.90 Å². The van der Waals surface area contributed by atoms with Crippen molar-refractivity contribution in [3.05, 3.63) is 35.9 Å². The van der Waals surface area contributed by atoms with E-state index < -0.39 is 33.7 Å². The van der Waals surface area contributed by atoms with Gasteiger partial charge in [-0.2, -0.15) is 13.2 Å². The Balaban J connectivity index is 2.25. The molecule has 1 aromatic rings. The molecule has 1 aliphatic heterocycles. The molecule has 21 heavy (non-hydrogen) atoms. The van der Waals surface area contributed by atoms with Crippen LogP contribution in [0.5, 0.6) is 0 Å². The molecule has 0 bridgehead atoms. The third-order valence-corrected chi connectivity index (χ3v) is 5.10. The van der Waals surface area contributed by atoms with Crippen molar-refractivity contribution in [3.63, 3.8) is 0 Å². The van der Waals surface area contributed by atoms with E-state index in [-0.39, 0.29) is 18.7 Å². The van der Waals surface area contributed by atoms with E-state index in [1.807, 2.05) is 0 Å². The first-order valence-electron chi connectivity index (χ1n) is 6.31. The highest BCUT2D eigenvalue weighted by molar-refractivity contribution is 7.91. The van der Waals surface area contributed by atoms with Crippen molar-refractivity contribution >= 4 is 15.7 Å². The normalized spacial score (nSPS) is 21.2. The van der Waals surface area contributed by atoms with Crippen molar-refractivity contribution in [2.45, 2.75) is 25.2 Å². The Bertz CT molecular complexity index is 613. The lowest BCUT2D eigenvalue weighted by atomic mass is 10.1. The van der Waals surface area contributed by atoms with Crippen LogP contribution in [0.25, 0.3) is 0 Å². The Morgan fingerprint density at radius 3 is 2.33 bits per heavy atom. The number of nitrogens with zero attached hydrogens (tertiary/aromatic N) is 1. The van der Waals surface area contributed by atoms with Gasteiger partial charge in [-0.1, -0.05) is 30.3 Å². The molecule has 1 saturated heterocycles. The van der Waals surface area contributed by atoms with Crippen LogP contribution < -0.4 is 0 Å². The van der Waals surface area contributed by atoms with Crippen LogP contribution in [0.4, 0.5) is 13.2 Å². The molecular formula is C13H14F3NO3S. The van der Waals surface area contributed by atoms with Gasteiger partial charge >= 0.3 is 12.1 Å². The van der Waals surface area contributed by atoms with Crippen LogP contribution in [0.2, 0.25) is 0 Å². The van der Waals surface area contributed by atoms with Crippen LogP contribution in [-0.4, -0.2) is 42.9 Å². The van der Waals surface area contributed by atoms with Gasteiger partial charge in [0.05, 0.1) is 11.5 Å². The Kier molecular flexibility index (Phi) is 4.27. The second-order valence-electron chi connectivity index (χ2n) is 4.97. The Morgan fingerprint density at radius 2 is 1.86 bits per heavy atom. The molecule has 0 aliphatic carbocycles. The molecule has 2 rings (SSSR count). The Labute approximate surface area is 120 Å². The minimum absolute atomic E-state index is 0.0387. The summed E-state index contributed by atoms with van der Waals surface area (Å²) >= 11 is 0. The molecule has 0 aromatic heterocycles. The van der Waals surface area contributed by atoms with E-state index in [1.165, 1.54) is 0 Å². The van der Waals surface area contributed by atoms with Crippen molar-refractivity contribution in [2.75, 3.05) is 11.5 Å². The molecule has 1 unspecified atom stereocenters. The molecule has 8 heteroatoms. The number of carbonyl (C=O) groups excluding carboxylic acids is 1. The molecule has 1 amide bonds. The zero-order valence-corrected chi connectivity index (χ0v) is 11.8. The first-order chi connectivity index (χ1) is 9.69. The van der Waals surface area contributed by atoms with E-state index in [4.69, 9.17) is 0 Å². The highest BCUT2D eigenvalue weighted by Crippen LogP contribution is 2.26. The maximum Gasteiger partial charge on any atom is 0.471 e. The number of halogens is 3. The number of hydrogen-bond donors (Lipinski definition) is 0. The molecule has 0 N–H and O–H groups in total. The summed E-state index contributed by atoms with van der Waals surface area (Å²) in [4.78, 5) is 12.2. The molecule has 0 radical (unpaired) electrons. The molecule has 0 spiro atoms. The average Bonchev–Trinajstić information content (AvgIpc) is 2.75. The second-order valence-corrected chi connectivity index (χ2v) is 7.20. The molecule has 4 nitrogen and oxygen atoms in total. The third-order valence-electron chi connectivity index (χ3n) is 3.35. The van der Waals surface area contributed by atoms with Gasteiger partial charge in [0.25, 0.3) is 0 Å². The largest absolute Gasteiger partial charge is 0.471 e. The van der Waals surface area contributed by atoms with E-state index in [9.17, 15) is 26.4 Å². The van der Waals surface area contributed by atoms with E-state index >= 15 is 0 Å². The van der Waals surface area contributed by atoms with Gasteiger partial charge in [0, 0.05) is 12.6 Å². The van der Waals surface area contributed by atoms with Crippen LogP contribution in [0.15, 0.2) is 30.3 Å². The third kappa shape index (κ3) is 3.96. The number of alkyl halides is 3. The van der Waals surface area contributed by atoms with E-state index in [2.05, 4.69) is 0 Å². The number of hydrogen-bond acceptors (Lipinski definition) is 3. The van der Waals surface area contributed by atoms with Crippen molar-refractivity contribution in [3.8, 4) is 0 Å². The fourth-order valence-electron chi connectivity index (χ4n) is 2.33. The summed E-state index contributed by atoms with van der Waals surface area (Å²) in [5, 5.41) is 0. The van der Waals surface area contributed by atoms with Gasteiger partial charge in [-0.05, 0) is 12.0 Å². The monoisotopic (exact) mass is 321 g/mol. The van der Waals surface area contributed by atoms with E-state index in [0.29, 0.717) is 10.5 Å². The standard InChI is InChI=1S/C13H14F3NO3S/c14-13(15,16)12(18)17(8-10-4-2-1-3-5-10)11-6-7-21(19,20)9-11/h1-5,11H,6-9H2. The fraction of sp³-hybridized carbons (Fsp3) is 0.462. The molecule has 0 saturated carbocycles. The second kappa shape index (κ2) is 5.67. The first-order valence-corrected chi connectivity index (χ1v) is 8.13. The van der Waals surface area contributed by atoms with E-state index in [1.54, 1.807) is 30.3 Å². The summed E-state index contributed by atoms with van der Waals surface area (Å²) in [6.07, 6.45) is -4.97. The fourth-order valence-corrected chi connectivity index (χ4v) is 4.06. The maximum atomic E-state index is 12.7. The molecule has 1 aromatic carbocycles. The predicted molar refractivity (Wildman–Crippen MR) is 70.1 cm³/mol. The summed E-state index contributed by atoms with van der Waals surface area (Å²) < 4.78 is 61.0. The summed E-state index contributed by atoms with van der Waals surface area (Å²) in [7, 11) is -3.37. The predicted octanol–water partition coefficient (Wildman–Crippen LogP) is 1.76. The Hall–Kier alpha value is -1.57. The number of carbonyl (C=O) groups is 1. The molecule has 116 valence electrons. The lowest BCUT2D eigenvalue weighted by molar-refractivity contribution is -0.188. The van der Waals surface area contributed by atoms with Crippen LogP contribution in [-0.2, 0) is 21.2 Å². The number of amides is 1. The van der Waals surface area contributed by atoms with Crippen molar-refractivity contribution in [1.82, 2.24) is 4.90 Å². The molecule has 1 atom stereocenters. The van der Waals surface area contributed by atoms with Gasteiger partial charge in [0.2, 0.25) is 0 Å². The zero-order valence-electron chi connectivity index (χ0n) is 11.0. The van der Waals surface area contributed by atoms with Crippen LogP contribution in [0.3, 0.4) is 0 Å². The van der Waals surface area contributed by atoms with Crippen LogP contribution in [0.1, 0.15) is 12.0 Å². The number of sulfone groups is 1. The van der Waals surface area contributed by atoms with Crippen LogP contribution >= 0.6 is 0 Å². The Morgan fingerprint density at radius 1 is 1.24 bits per heavy atom. The molecule has 1 heterocycles. The smallest absolute Gasteiger partial charge is 0.327 e. The molecular weight excluding hydrogens is 307 g/mol. The topological polar surface area (TPSA) is 54.5 Å². The van der Waals surface area contributed by atoms with Crippen molar-refractivity contribution < 1.29 is 26.4 Å². The number of rotatable bonds is 3. The summed E-state index contributed by atoms with van der Waals surface area (Å²) in [6, 6.07) is 7.28. The van der Waals surface area contributed by atoms with Gasteiger partial charge in [-0.15, -0.1) is 0 Å². The highest BCUT2D eigenvalue weighted by Gasteiger charge is 2.46. The highest BCUT2D eigenvalue weighted by atomic mass is 32.2. The zero-order chi connectivity index (χ0) is 15.7. The minimum Gasteiger partial charge on any atom is -0.327 e. The van der Waals surface area contributed by atoms with Gasteiger partial charge in [0.1, 0.15) is 0 Å². The van der Waals surface area contributed by atoms with Crippen molar-refractivity contribution in [2.24, 2.45) is 0 Å². The van der Waals surface area contributed by atoms with Gasteiger partial charge in [0.15, 0.2) is 9.84 Å². The van der Waals surface area contributed by atoms with Crippen LogP contribution in [0, 0.1) is 0 Å². The average molecular weight is 321 g/mol. The summed E-state index contributed by atoms with van der Waals surface area (Å²) in [6.45, 7) is -0.251. The quantitative estimate of drug-likeness (QED) is 0.852. The van der Waals surface area contributed by atoms with Crippen molar-refractivity contribution in [1.29, 1.82) is 0 Å². The minimum atomic E-state index is -5.01. The lowest BCUT2D eigenvalue weighted by Crippen LogP contribution is -2.47. The van der Waals surface area contributed by atoms with Gasteiger partial charge in [-0.3, -0.25) is 4.79 Å². The first kappa shape index (κ1) is 15.8. The molecule has 1 aliphatic rings. The maximum absolute atomic E-state index is 12.7. The molecule has 1 fully saturated rings. The SMILES string of the molecule is O=C(N(Cc1ccccc1)C1CCS(=O)(=O)C1)C(F)(F)F.